The Morgan fingerprint density at radius 3 is 2.49 bits per heavy atom. The molecule has 3 atom stereocenters. The van der Waals surface area contributed by atoms with Gasteiger partial charge in [-0.3, -0.25) is 4.99 Å². The Morgan fingerprint density at radius 1 is 0.837 bits per heavy atom. The van der Waals surface area contributed by atoms with Gasteiger partial charge in [0, 0.05) is 47.4 Å². The molecule has 0 radical (unpaired) electrons. The smallest absolute Gasteiger partial charge is 0.0589 e. The van der Waals surface area contributed by atoms with Crippen LogP contribution in [0.2, 0.25) is 0 Å². The van der Waals surface area contributed by atoms with Crippen molar-refractivity contribution in [3.63, 3.8) is 0 Å². The standard InChI is InChI=1S/C47H38N2/c1-3-4-13-31(2)43-37-18-10-11-19-38(37)44(33-15-6-5-7-16-33)47-40-21-12-20-39-42(25-24-41(45(39)40)46(43)47)49(35-26-28-48-29-27-35)36-23-22-32-14-8-9-17-34(32)30-36/h3-6,8-15,17-26,28-30,35,46-47H,1-2,7,16,27H2/b13-4-. The van der Waals surface area contributed by atoms with Crippen LogP contribution in [0.5, 0.6) is 0 Å². The van der Waals surface area contributed by atoms with Gasteiger partial charge in [-0.1, -0.05) is 128 Å². The van der Waals surface area contributed by atoms with Crippen LogP contribution >= 0.6 is 0 Å². The van der Waals surface area contributed by atoms with Crippen molar-refractivity contribution in [3.05, 3.63) is 192 Å². The van der Waals surface area contributed by atoms with Gasteiger partial charge in [0.2, 0.25) is 0 Å². The molecule has 0 saturated carbocycles. The van der Waals surface area contributed by atoms with Gasteiger partial charge in [0.15, 0.2) is 0 Å². The fourth-order valence-corrected chi connectivity index (χ4v) is 8.80. The van der Waals surface area contributed by atoms with E-state index in [1.807, 2.05) is 24.6 Å². The quantitative estimate of drug-likeness (QED) is 0.163. The number of rotatable bonds is 7. The summed E-state index contributed by atoms with van der Waals surface area (Å²) < 4.78 is 0. The van der Waals surface area contributed by atoms with E-state index < -0.39 is 0 Å². The fourth-order valence-electron chi connectivity index (χ4n) is 8.80. The van der Waals surface area contributed by atoms with Crippen molar-refractivity contribution in [3.8, 4) is 0 Å². The van der Waals surface area contributed by atoms with Crippen molar-refractivity contribution in [2.75, 3.05) is 4.90 Å². The third-order valence-corrected chi connectivity index (χ3v) is 10.8. The van der Waals surface area contributed by atoms with Crippen LogP contribution in [0, 0.1) is 0 Å². The van der Waals surface area contributed by atoms with E-state index in [1.165, 1.54) is 71.2 Å². The molecule has 5 aromatic rings. The Kier molecular flexibility index (Phi) is 7.24. The van der Waals surface area contributed by atoms with Crippen LogP contribution in [-0.4, -0.2) is 12.3 Å². The van der Waals surface area contributed by atoms with Gasteiger partial charge in [0.25, 0.3) is 0 Å². The number of allylic oxidation sites excluding steroid dienone is 8. The van der Waals surface area contributed by atoms with Crippen LogP contribution in [0.15, 0.2) is 175 Å². The molecule has 2 heteroatoms. The van der Waals surface area contributed by atoms with Gasteiger partial charge < -0.3 is 4.90 Å². The van der Waals surface area contributed by atoms with Crippen molar-refractivity contribution in [2.24, 2.45) is 4.99 Å². The minimum absolute atomic E-state index is 0.149. The lowest BCUT2D eigenvalue weighted by Gasteiger charge is -2.34. The lowest BCUT2D eigenvalue weighted by atomic mass is 9.69. The second-order valence-corrected chi connectivity index (χ2v) is 13.4. The SMILES string of the molecule is C=C/C=C\C(=C)C1=c2ccccc2=C(C2=CC=CCC2)C2c3cccc4c(N(c5ccc6ccccc6c5)C5C=CN=CC5)ccc(c34)C12. The summed E-state index contributed by atoms with van der Waals surface area (Å²) in [5.74, 6) is 0.352. The van der Waals surface area contributed by atoms with Crippen molar-refractivity contribution in [1.29, 1.82) is 0 Å². The first kappa shape index (κ1) is 29.4. The van der Waals surface area contributed by atoms with Crippen LogP contribution < -0.4 is 15.3 Å². The summed E-state index contributed by atoms with van der Waals surface area (Å²) in [7, 11) is 0. The van der Waals surface area contributed by atoms with E-state index in [2.05, 4.69) is 150 Å². The number of aliphatic imine (C=N–C) groups is 1. The molecule has 49 heavy (non-hydrogen) atoms. The molecule has 9 rings (SSSR count). The van der Waals surface area contributed by atoms with Gasteiger partial charge in [0.1, 0.15) is 0 Å². The maximum Gasteiger partial charge on any atom is 0.0589 e. The first-order valence-electron chi connectivity index (χ1n) is 17.4. The summed E-state index contributed by atoms with van der Waals surface area (Å²) in [6.07, 6.45) is 22.1. The molecular formula is C47H38N2. The van der Waals surface area contributed by atoms with Crippen LogP contribution in [0.4, 0.5) is 11.4 Å². The molecule has 0 bridgehead atoms. The van der Waals surface area contributed by atoms with Crippen molar-refractivity contribution in [1.82, 2.24) is 0 Å². The first-order chi connectivity index (χ1) is 24.2. The van der Waals surface area contributed by atoms with Crippen LogP contribution in [-0.2, 0) is 0 Å². The number of anilines is 2. The largest absolute Gasteiger partial charge is 0.334 e. The molecule has 1 aliphatic heterocycles. The molecule has 0 fully saturated rings. The van der Waals surface area contributed by atoms with Crippen molar-refractivity contribution >= 4 is 50.3 Å². The Hall–Kier alpha value is -5.73. The van der Waals surface area contributed by atoms with Crippen molar-refractivity contribution in [2.45, 2.75) is 37.1 Å². The summed E-state index contributed by atoms with van der Waals surface area (Å²) >= 11 is 0. The second kappa shape index (κ2) is 12.1. The molecule has 1 heterocycles. The zero-order valence-electron chi connectivity index (χ0n) is 27.6. The number of nitrogens with zero attached hydrogens (tertiary/aromatic N) is 2. The minimum atomic E-state index is 0.149. The molecule has 0 saturated heterocycles. The molecule has 236 valence electrons. The molecule has 5 aromatic carbocycles. The van der Waals surface area contributed by atoms with Crippen LogP contribution in [0.3, 0.4) is 0 Å². The molecule has 3 unspecified atom stereocenters. The number of benzene rings is 5. The number of hydrogen-bond donors (Lipinski definition) is 0. The topological polar surface area (TPSA) is 15.6 Å². The highest BCUT2D eigenvalue weighted by Gasteiger charge is 2.43. The maximum atomic E-state index is 4.68. The summed E-state index contributed by atoms with van der Waals surface area (Å²) in [6.45, 7) is 8.64. The minimum Gasteiger partial charge on any atom is -0.334 e. The Morgan fingerprint density at radius 2 is 1.67 bits per heavy atom. The molecule has 0 amide bonds. The number of hydrogen-bond acceptors (Lipinski definition) is 2. The first-order valence-corrected chi connectivity index (χ1v) is 17.4. The average molecular weight is 631 g/mol. The van der Waals surface area contributed by atoms with E-state index >= 15 is 0 Å². The monoisotopic (exact) mass is 630 g/mol. The molecule has 0 N–H and O–H groups in total. The van der Waals surface area contributed by atoms with E-state index in [0.717, 1.165) is 24.8 Å². The predicted molar refractivity (Wildman–Crippen MR) is 209 cm³/mol. The van der Waals surface area contributed by atoms with E-state index in [1.54, 1.807) is 0 Å². The highest BCUT2D eigenvalue weighted by molar-refractivity contribution is 6.07. The zero-order valence-corrected chi connectivity index (χ0v) is 27.6. The predicted octanol–water partition coefficient (Wildman–Crippen LogP) is 10.3. The second-order valence-electron chi connectivity index (χ2n) is 13.4. The van der Waals surface area contributed by atoms with Gasteiger partial charge >= 0.3 is 0 Å². The van der Waals surface area contributed by atoms with Gasteiger partial charge in [-0.2, -0.15) is 0 Å². The lowest BCUT2D eigenvalue weighted by Crippen LogP contribution is -2.38. The molecule has 2 nitrogen and oxygen atoms in total. The molecule has 0 aromatic heterocycles. The number of fused-ring (bicyclic) bond motifs is 5. The highest BCUT2D eigenvalue weighted by atomic mass is 15.2. The lowest BCUT2D eigenvalue weighted by molar-refractivity contribution is 0.779. The molecule has 4 aliphatic rings. The van der Waals surface area contributed by atoms with Gasteiger partial charge in [0.05, 0.1) is 6.04 Å². The average Bonchev–Trinajstić information content (AvgIpc) is 3.49. The van der Waals surface area contributed by atoms with Gasteiger partial charge in [-0.25, -0.2) is 0 Å². The van der Waals surface area contributed by atoms with E-state index in [4.69, 9.17) is 0 Å². The maximum absolute atomic E-state index is 4.68. The third-order valence-electron chi connectivity index (χ3n) is 10.8. The summed E-state index contributed by atoms with van der Waals surface area (Å²) in [5.41, 5.74) is 10.5. The van der Waals surface area contributed by atoms with Crippen LogP contribution in [0.25, 0.3) is 32.7 Å². The third kappa shape index (κ3) is 4.74. The highest BCUT2D eigenvalue weighted by Crippen LogP contribution is 2.58. The zero-order chi connectivity index (χ0) is 32.9. The fraction of sp³-hybridized carbons (Fsp3) is 0.128. The van der Waals surface area contributed by atoms with E-state index in [0.29, 0.717) is 0 Å². The normalized spacial score (nSPS) is 20.5. The van der Waals surface area contributed by atoms with Gasteiger partial charge in [-0.05, 0) is 97.1 Å². The van der Waals surface area contributed by atoms with Crippen molar-refractivity contribution < 1.29 is 0 Å². The molecular weight excluding hydrogens is 593 g/mol. The Labute approximate surface area is 288 Å². The molecule has 0 spiro atoms. The summed E-state index contributed by atoms with van der Waals surface area (Å²) in [4.78, 5) is 6.98. The van der Waals surface area contributed by atoms with E-state index in [9.17, 15) is 0 Å². The summed E-state index contributed by atoms with van der Waals surface area (Å²) in [5, 5.41) is 7.79. The summed E-state index contributed by atoms with van der Waals surface area (Å²) in [6, 6.07) is 36.5. The Balaban J connectivity index is 1.32. The van der Waals surface area contributed by atoms with Gasteiger partial charge in [-0.15, -0.1) is 0 Å². The Bertz CT molecular complexity index is 2480. The molecule has 3 aliphatic carbocycles. The van der Waals surface area contributed by atoms with Crippen LogP contribution in [0.1, 0.15) is 42.2 Å². The van der Waals surface area contributed by atoms with E-state index in [-0.39, 0.29) is 17.9 Å².